The molecule has 2 rings (SSSR count). The summed E-state index contributed by atoms with van der Waals surface area (Å²) in [6.45, 7) is -0.209. The van der Waals surface area contributed by atoms with Gasteiger partial charge < -0.3 is 9.31 Å². The number of isocyanates is 1. The molecule has 0 radical (unpaired) electrons. The van der Waals surface area contributed by atoms with Gasteiger partial charge in [0.1, 0.15) is 5.82 Å². The van der Waals surface area contributed by atoms with Gasteiger partial charge in [-0.25, -0.2) is 9.18 Å². The summed E-state index contributed by atoms with van der Waals surface area (Å²) in [7, 11) is 0.157. The lowest BCUT2D eigenvalue weighted by Crippen LogP contribution is -2.44. The fraction of sp³-hybridized carbons (Fsp3) is 0.308. The van der Waals surface area contributed by atoms with E-state index in [2.05, 4.69) is 4.99 Å². The van der Waals surface area contributed by atoms with Crippen LogP contribution < -0.4 is 0 Å². The van der Waals surface area contributed by atoms with Crippen LogP contribution in [0, 0.1) is 5.82 Å². The molecule has 1 aromatic carbocycles. The molecule has 0 spiro atoms. The molecule has 1 aliphatic rings. The molecule has 1 aromatic rings. The van der Waals surface area contributed by atoms with Gasteiger partial charge in [0, 0.05) is 0 Å². The Labute approximate surface area is 125 Å². The van der Waals surface area contributed by atoms with Gasteiger partial charge >= 0.3 is 19.1 Å². The number of carbonyl (C=O) groups excluding carboxylic acids is 3. The second kappa shape index (κ2) is 6.97. The third-order valence-electron chi connectivity index (χ3n) is 2.95. The molecule has 1 atom stereocenters. The highest BCUT2D eigenvalue weighted by Gasteiger charge is 2.41. The highest BCUT2D eigenvalue weighted by atomic mass is 19.1. The maximum absolute atomic E-state index is 13.0. The molecule has 0 saturated carbocycles. The van der Waals surface area contributed by atoms with Crippen molar-refractivity contribution in [3.63, 3.8) is 0 Å². The van der Waals surface area contributed by atoms with Crippen molar-refractivity contribution in [3.8, 4) is 0 Å². The Morgan fingerprint density at radius 2 is 1.77 bits per heavy atom. The average molecular weight is 306 g/mol. The van der Waals surface area contributed by atoms with Crippen LogP contribution in [0.3, 0.4) is 0 Å². The number of likely N-dealkylation sites (N-methyl/N-ethyl adjacent to an activating group) is 1. The first-order valence-electron chi connectivity index (χ1n) is 6.39. The standard InChI is InChI=1S/C13H12BFN2O5/c1-17-6-11(19)21-14(22-12(20)7-17)13(16-8-18)9-2-4-10(15)5-3-9/h2-5,13H,6-7H2,1H3. The van der Waals surface area contributed by atoms with Crippen molar-refractivity contribution in [3.05, 3.63) is 35.6 Å². The zero-order valence-corrected chi connectivity index (χ0v) is 11.7. The predicted molar refractivity (Wildman–Crippen MR) is 72.7 cm³/mol. The summed E-state index contributed by atoms with van der Waals surface area (Å²) >= 11 is 0. The predicted octanol–water partition coefficient (Wildman–Crippen LogP) is 0.262. The van der Waals surface area contributed by atoms with Crippen LogP contribution in [0.25, 0.3) is 0 Å². The number of nitrogens with zero attached hydrogens (tertiary/aromatic N) is 2. The van der Waals surface area contributed by atoms with Crippen molar-refractivity contribution < 1.29 is 28.1 Å². The van der Waals surface area contributed by atoms with Crippen LogP contribution in [0.5, 0.6) is 0 Å². The maximum atomic E-state index is 13.0. The molecule has 0 aromatic heterocycles. The van der Waals surface area contributed by atoms with Crippen LogP contribution in [0.15, 0.2) is 29.3 Å². The van der Waals surface area contributed by atoms with Gasteiger partial charge in [-0.15, -0.1) is 0 Å². The lowest BCUT2D eigenvalue weighted by Gasteiger charge is -2.24. The molecule has 1 saturated heterocycles. The van der Waals surface area contributed by atoms with Crippen molar-refractivity contribution in [2.75, 3.05) is 20.1 Å². The summed E-state index contributed by atoms with van der Waals surface area (Å²) in [6.07, 6.45) is 1.34. The van der Waals surface area contributed by atoms with Gasteiger partial charge in [-0.2, -0.15) is 4.99 Å². The van der Waals surface area contributed by atoms with Crippen LogP contribution in [0.1, 0.15) is 11.5 Å². The number of carbonyl (C=O) groups is 2. The van der Waals surface area contributed by atoms with Crippen LogP contribution in [-0.4, -0.2) is 50.2 Å². The van der Waals surface area contributed by atoms with E-state index in [0.717, 1.165) is 12.1 Å². The summed E-state index contributed by atoms with van der Waals surface area (Å²) in [5.41, 5.74) is 0.351. The molecular formula is C13H12BFN2O5. The van der Waals surface area contributed by atoms with Gasteiger partial charge in [0.25, 0.3) is 0 Å². The minimum atomic E-state index is -1.40. The molecule has 0 N–H and O–H groups in total. The summed E-state index contributed by atoms with van der Waals surface area (Å²) in [5, 5.41) is 0. The summed E-state index contributed by atoms with van der Waals surface area (Å²) in [5.74, 6) is -2.85. The molecule has 0 aliphatic carbocycles. The third kappa shape index (κ3) is 4.00. The molecule has 1 fully saturated rings. The van der Waals surface area contributed by atoms with Gasteiger partial charge in [0.05, 0.1) is 13.1 Å². The van der Waals surface area contributed by atoms with E-state index in [1.54, 1.807) is 7.05 Å². The first-order valence-corrected chi connectivity index (χ1v) is 6.39. The molecule has 114 valence electrons. The zero-order chi connectivity index (χ0) is 16.1. The van der Waals surface area contributed by atoms with Crippen LogP contribution in [0.4, 0.5) is 4.39 Å². The van der Waals surface area contributed by atoms with Crippen molar-refractivity contribution in [2.45, 2.75) is 5.94 Å². The number of aliphatic imine (C=N–C) groups is 1. The Bertz CT molecular complexity index is 597. The van der Waals surface area contributed by atoms with Gasteiger partial charge in [0.2, 0.25) is 6.08 Å². The quantitative estimate of drug-likeness (QED) is 0.452. The summed E-state index contributed by atoms with van der Waals surface area (Å²) in [6, 6.07) is 5.02. The van der Waals surface area contributed by atoms with E-state index in [0.29, 0.717) is 5.56 Å². The second-order valence-electron chi connectivity index (χ2n) is 4.74. The van der Waals surface area contributed by atoms with E-state index in [1.165, 1.54) is 23.1 Å². The minimum absolute atomic E-state index is 0.105. The first kappa shape index (κ1) is 15.9. The first-order chi connectivity index (χ1) is 10.5. The molecule has 1 unspecified atom stereocenters. The van der Waals surface area contributed by atoms with E-state index in [4.69, 9.17) is 9.31 Å². The van der Waals surface area contributed by atoms with E-state index in [1.807, 2.05) is 0 Å². The highest BCUT2D eigenvalue weighted by molar-refractivity contribution is 6.51. The largest absolute Gasteiger partial charge is 0.630 e. The fourth-order valence-corrected chi connectivity index (χ4v) is 1.99. The Kier molecular flexibility index (Phi) is 5.03. The van der Waals surface area contributed by atoms with Crippen LogP contribution in [0.2, 0.25) is 0 Å². The van der Waals surface area contributed by atoms with E-state index >= 15 is 0 Å². The van der Waals surface area contributed by atoms with Crippen molar-refractivity contribution in [1.82, 2.24) is 4.90 Å². The molecule has 0 bridgehead atoms. The lowest BCUT2D eigenvalue weighted by molar-refractivity contribution is -0.145. The molecule has 9 heteroatoms. The summed E-state index contributed by atoms with van der Waals surface area (Å²) < 4.78 is 23.1. The number of rotatable bonds is 3. The number of hydrogen-bond acceptors (Lipinski definition) is 7. The van der Waals surface area contributed by atoms with E-state index in [-0.39, 0.29) is 13.1 Å². The van der Waals surface area contributed by atoms with Gasteiger partial charge in [-0.3, -0.25) is 14.5 Å². The van der Waals surface area contributed by atoms with Crippen molar-refractivity contribution in [2.24, 2.45) is 4.99 Å². The van der Waals surface area contributed by atoms with Crippen molar-refractivity contribution >= 4 is 25.1 Å². The van der Waals surface area contributed by atoms with Gasteiger partial charge in [-0.1, -0.05) is 12.1 Å². The number of benzene rings is 1. The molecule has 0 amide bonds. The molecule has 7 nitrogen and oxygen atoms in total. The SMILES string of the molecule is CN1CC(=O)OB(C(N=C=O)c2ccc(F)cc2)OC(=O)C1. The molecule has 22 heavy (non-hydrogen) atoms. The topological polar surface area (TPSA) is 85.3 Å². The van der Waals surface area contributed by atoms with Crippen LogP contribution in [-0.2, 0) is 23.7 Å². The second-order valence-corrected chi connectivity index (χ2v) is 4.74. The number of halogens is 1. The Morgan fingerprint density at radius 3 is 2.27 bits per heavy atom. The van der Waals surface area contributed by atoms with Gasteiger partial charge in [0.15, 0.2) is 5.94 Å². The van der Waals surface area contributed by atoms with Crippen molar-refractivity contribution in [1.29, 1.82) is 0 Å². The summed E-state index contributed by atoms with van der Waals surface area (Å²) in [4.78, 5) is 39.0. The van der Waals surface area contributed by atoms with Gasteiger partial charge in [-0.05, 0) is 24.7 Å². The molecule has 1 aliphatic heterocycles. The Hall–Kier alpha value is -2.51. The minimum Gasteiger partial charge on any atom is -0.497 e. The molecular weight excluding hydrogens is 294 g/mol. The third-order valence-corrected chi connectivity index (χ3v) is 2.95. The Balaban J connectivity index is 2.29. The maximum Gasteiger partial charge on any atom is 0.630 e. The normalized spacial score (nSPS) is 17.6. The van der Waals surface area contributed by atoms with Crippen LogP contribution >= 0.6 is 0 Å². The highest BCUT2D eigenvalue weighted by Crippen LogP contribution is 2.23. The Morgan fingerprint density at radius 1 is 1.23 bits per heavy atom. The molecule has 1 heterocycles. The average Bonchev–Trinajstić information content (AvgIpc) is 2.43. The van der Waals surface area contributed by atoms with E-state index in [9.17, 15) is 18.8 Å². The lowest BCUT2D eigenvalue weighted by atomic mass is 9.74. The van der Waals surface area contributed by atoms with E-state index < -0.39 is 30.8 Å². The fourth-order valence-electron chi connectivity index (χ4n) is 1.99. The zero-order valence-electron chi connectivity index (χ0n) is 11.7. The number of hydrogen-bond donors (Lipinski definition) is 0. The monoisotopic (exact) mass is 306 g/mol. The smallest absolute Gasteiger partial charge is 0.497 e.